The van der Waals surface area contributed by atoms with Crippen molar-refractivity contribution in [2.24, 2.45) is 5.92 Å². The van der Waals surface area contributed by atoms with Gasteiger partial charge in [-0.25, -0.2) is 0 Å². The number of ether oxygens (including phenoxy) is 1. The van der Waals surface area contributed by atoms with Crippen molar-refractivity contribution in [2.45, 2.75) is 27.2 Å². The van der Waals surface area contributed by atoms with E-state index >= 15 is 0 Å². The summed E-state index contributed by atoms with van der Waals surface area (Å²) in [6, 6.07) is 14.3. The lowest BCUT2D eigenvalue weighted by molar-refractivity contribution is 0.112. The van der Waals surface area contributed by atoms with E-state index in [9.17, 15) is 4.79 Å². The second-order valence-electron chi connectivity index (χ2n) is 5.60. The number of carbonyl (C=O) groups excluding carboxylic acids is 1. The number of aldehydes is 1. The Morgan fingerprint density at radius 1 is 1.05 bits per heavy atom. The van der Waals surface area contributed by atoms with Gasteiger partial charge in [0.15, 0.2) is 6.29 Å². The zero-order valence-corrected chi connectivity index (χ0v) is 12.9. The number of hydrogen-bond donors (Lipinski definition) is 0. The summed E-state index contributed by atoms with van der Waals surface area (Å²) in [5.74, 6) is 1.31. The third kappa shape index (κ3) is 3.94. The van der Waals surface area contributed by atoms with Gasteiger partial charge >= 0.3 is 0 Å². The van der Waals surface area contributed by atoms with E-state index in [1.807, 2.05) is 25.1 Å². The minimum absolute atomic E-state index is 0.553. The summed E-state index contributed by atoms with van der Waals surface area (Å²) in [5.41, 5.74) is 4.15. The highest BCUT2D eigenvalue weighted by Gasteiger charge is 2.06. The van der Waals surface area contributed by atoms with E-state index in [1.54, 1.807) is 0 Å². The SMILES string of the molecule is CCOc1cc(-c2ccc(CC(C)C)cc2)ccc1C=O. The molecule has 0 unspecified atom stereocenters. The van der Waals surface area contributed by atoms with Gasteiger partial charge in [0.2, 0.25) is 0 Å². The van der Waals surface area contributed by atoms with Crippen molar-refractivity contribution in [3.63, 3.8) is 0 Å². The molecule has 0 bridgehead atoms. The minimum Gasteiger partial charge on any atom is -0.493 e. The van der Waals surface area contributed by atoms with Gasteiger partial charge in [0.25, 0.3) is 0 Å². The molecule has 2 heteroatoms. The molecule has 2 rings (SSSR count). The zero-order valence-electron chi connectivity index (χ0n) is 12.9. The van der Waals surface area contributed by atoms with E-state index in [0.717, 1.165) is 23.8 Å². The van der Waals surface area contributed by atoms with E-state index in [-0.39, 0.29) is 0 Å². The fourth-order valence-corrected chi connectivity index (χ4v) is 2.40. The Hall–Kier alpha value is -2.09. The van der Waals surface area contributed by atoms with Crippen LogP contribution < -0.4 is 4.74 Å². The van der Waals surface area contributed by atoms with E-state index in [2.05, 4.69) is 38.1 Å². The highest BCUT2D eigenvalue weighted by atomic mass is 16.5. The summed E-state index contributed by atoms with van der Waals surface area (Å²) in [6.07, 6.45) is 1.93. The van der Waals surface area contributed by atoms with Gasteiger partial charge in [-0.15, -0.1) is 0 Å². The molecule has 0 aliphatic carbocycles. The Morgan fingerprint density at radius 3 is 2.29 bits per heavy atom. The maximum atomic E-state index is 11.0. The molecule has 110 valence electrons. The topological polar surface area (TPSA) is 26.3 Å². The van der Waals surface area contributed by atoms with Gasteiger partial charge < -0.3 is 4.74 Å². The molecule has 0 N–H and O–H groups in total. The quantitative estimate of drug-likeness (QED) is 0.714. The van der Waals surface area contributed by atoms with Gasteiger partial charge in [0, 0.05) is 0 Å². The second-order valence-corrected chi connectivity index (χ2v) is 5.60. The second kappa shape index (κ2) is 7.07. The number of carbonyl (C=O) groups is 1. The van der Waals surface area contributed by atoms with Crippen molar-refractivity contribution in [3.05, 3.63) is 53.6 Å². The Labute approximate surface area is 126 Å². The zero-order chi connectivity index (χ0) is 15.2. The van der Waals surface area contributed by atoms with Crippen molar-refractivity contribution in [1.29, 1.82) is 0 Å². The van der Waals surface area contributed by atoms with Crippen LogP contribution in [0.5, 0.6) is 5.75 Å². The number of rotatable bonds is 6. The third-order valence-corrected chi connectivity index (χ3v) is 3.37. The monoisotopic (exact) mass is 282 g/mol. The van der Waals surface area contributed by atoms with Crippen molar-refractivity contribution in [1.82, 2.24) is 0 Å². The summed E-state index contributed by atoms with van der Waals surface area (Å²) >= 11 is 0. The molecule has 2 aromatic carbocycles. The highest BCUT2D eigenvalue weighted by Crippen LogP contribution is 2.27. The van der Waals surface area contributed by atoms with Gasteiger partial charge in [0.05, 0.1) is 12.2 Å². The predicted molar refractivity (Wildman–Crippen MR) is 87.0 cm³/mol. The van der Waals surface area contributed by atoms with Gasteiger partial charge in [0.1, 0.15) is 5.75 Å². The first-order chi connectivity index (χ1) is 10.1. The molecule has 0 aliphatic heterocycles. The first-order valence-electron chi connectivity index (χ1n) is 7.45. The van der Waals surface area contributed by atoms with E-state index in [0.29, 0.717) is 23.8 Å². The van der Waals surface area contributed by atoms with Gasteiger partial charge in [-0.3, -0.25) is 4.79 Å². The summed E-state index contributed by atoms with van der Waals surface area (Å²) < 4.78 is 5.54. The number of benzene rings is 2. The maximum absolute atomic E-state index is 11.0. The molecule has 0 amide bonds. The molecule has 0 fully saturated rings. The van der Waals surface area contributed by atoms with Crippen LogP contribution in [-0.2, 0) is 6.42 Å². The number of hydrogen-bond acceptors (Lipinski definition) is 2. The van der Waals surface area contributed by atoms with Gasteiger partial charge in [-0.1, -0.05) is 44.2 Å². The third-order valence-electron chi connectivity index (χ3n) is 3.37. The molecule has 0 aliphatic rings. The van der Waals surface area contributed by atoms with Gasteiger partial charge in [-0.2, -0.15) is 0 Å². The Morgan fingerprint density at radius 2 is 1.71 bits per heavy atom. The van der Waals surface area contributed by atoms with Crippen LogP contribution in [0.25, 0.3) is 11.1 Å². The van der Waals surface area contributed by atoms with E-state index in [4.69, 9.17) is 4.74 Å². The molecule has 0 heterocycles. The van der Waals surface area contributed by atoms with Crippen LogP contribution in [0.1, 0.15) is 36.7 Å². The molecule has 2 nitrogen and oxygen atoms in total. The molecular formula is C19H22O2. The van der Waals surface area contributed by atoms with Crippen LogP contribution in [0.2, 0.25) is 0 Å². The van der Waals surface area contributed by atoms with Crippen molar-refractivity contribution < 1.29 is 9.53 Å². The maximum Gasteiger partial charge on any atom is 0.153 e. The summed E-state index contributed by atoms with van der Waals surface area (Å²) in [7, 11) is 0. The molecule has 0 aromatic heterocycles. The average Bonchev–Trinajstić information content (AvgIpc) is 2.48. The van der Waals surface area contributed by atoms with Crippen LogP contribution >= 0.6 is 0 Å². The lowest BCUT2D eigenvalue weighted by Gasteiger charge is -2.10. The smallest absolute Gasteiger partial charge is 0.153 e. The van der Waals surface area contributed by atoms with Crippen LogP contribution in [0.15, 0.2) is 42.5 Å². The van der Waals surface area contributed by atoms with Crippen molar-refractivity contribution in [3.8, 4) is 16.9 Å². The summed E-state index contributed by atoms with van der Waals surface area (Å²) in [5, 5.41) is 0. The standard InChI is InChI=1S/C19H22O2/c1-4-21-19-12-17(9-10-18(19)13-20)16-7-5-15(6-8-16)11-14(2)3/h5-10,12-14H,4,11H2,1-3H3. The molecule has 0 radical (unpaired) electrons. The Balaban J connectivity index is 2.28. The molecule has 0 spiro atoms. The van der Waals surface area contributed by atoms with E-state index < -0.39 is 0 Å². The van der Waals surface area contributed by atoms with Gasteiger partial charge in [-0.05, 0) is 48.1 Å². The van der Waals surface area contributed by atoms with E-state index in [1.165, 1.54) is 5.56 Å². The largest absolute Gasteiger partial charge is 0.493 e. The molecule has 0 atom stereocenters. The van der Waals surface area contributed by atoms with Crippen LogP contribution in [0, 0.1) is 5.92 Å². The van der Waals surface area contributed by atoms with Crippen molar-refractivity contribution in [2.75, 3.05) is 6.61 Å². The molecule has 0 saturated heterocycles. The molecule has 0 saturated carbocycles. The average molecular weight is 282 g/mol. The van der Waals surface area contributed by atoms with Crippen LogP contribution in [0.3, 0.4) is 0 Å². The summed E-state index contributed by atoms with van der Waals surface area (Å²) in [4.78, 5) is 11.0. The normalized spacial score (nSPS) is 10.7. The fourth-order valence-electron chi connectivity index (χ4n) is 2.40. The molecule has 2 aromatic rings. The highest BCUT2D eigenvalue weighted by molar-refractivity contribution is 5.81. The first-order valence-corrected chi connectivity index (χ1v) is 7.45. The Bertz CT molecular complexity index is 597. The summed E-state index contributed by atoms with van der Waals surface area (Å²) in [6.45, 7) is 6.92. The lowest BCUT2D eigenvalue weighted by Crippen LogP contribution is -1.96. The molecule has 21 heavy (non-hydrogen) atoms. The fraction of sp³-hybridized carbons (Fsp3) is 0.316. The lowest BCUT2D eigenvalue weighted by atomic mass is 9.98. The first kappa shape index (κ1) is 15.3. The van der Waals surface area contributed by atoms with Crippen LogP contribution in [-0.4, -0.2) is 12.9 Å². The predicted octanol–water partition coefficient (Wildman–Crippen LogP) is 4.76. The molecular weight excluding hydrogens is 260 g/mol. The van der Waals surface area contributed by atoms with Crippen molar-refractivity contribution >= 4 is 6.29 Å². The van der Waals surface area contributed by atoms with Crippen LogP contribution in [0.4, 0.5) is 0 Å². The minimum atomic E-state index is 0.553. The Kier molecular flexibility index (Phi) is 5.15.